The third kappa shape index (κ3) is 3.12. The molecule has 0 unspecified atom stereocenters. The van der Waals surface area contributed by atoms with E-state index in [4.69, 9.17) is 5.73 Å². The van der Waals surface area contributed by atoms with Crippen LogP contribution in [0.15, 0.2) is 12.1 Å². The van der Waals surface area contributed by atoms with E-state index in [9.17, 15) is 4.79 Å². The van der Waals surface area contributed by atoms with Crippen molar-refractivity contribution in [3.05, 3.63) is 17.8 Å². The van der Waals surface area contributed by atoms with Crippen LogP contribution >= 0.6 is 0 Å². The number of anilines is 2. The van der Waals surface area contributed by atoms with Crippen LogP contribution in [0.2, 0.25) is 0 Å². The highest BCUT2D eigenvalue weighted by Crippen LogP contribution is 2.14. The Morgan fingerprint density at radius 2 is 2.25 bits per heavy atom. The summed E-state index contributed by atoms with van der Waals surface area (Å²) >= 11 is 0. The van der Waals surface area contributed by atoms with E-state index in [1.54, 1.807) is 11.0 Å². The van der Waals surface area contributed by atoms with Gasteiger partial charge in [0.2, 0.25) is 5.91 Å². The monoisotopic (exact) mass is 222 g/mol. The van der Waals surface area contributed by atoms with Crippen LogP contribution in [0.4, 0.5) is 11.5 Å². The van der Waals surface area contributed by atoms with Crippen LogP contribution < -0.4 is 16.0 Å². The highest BCUT2D eigenvalue weighted by atomic mass is 16.2. The molecular weight excluding hydrogens is 204 g/mol. The first-order valence-corrected chi connectivity index (χ1v) is 5.25. The molecule has 1 aromatic rings. The number of aromatic nitrogens is 1. The topological polar surface area (TPSA) is 71.2 Å². The van der Waals surface area contributed by atoms with Gasteiger partial charge >= 0.3 is 0 Å². The van der Waals surface area contributed by atoms with Crippen LogP contribution in [-0.2, 0) is 4.79 Å². The second-order valence-corrected chi connectivity index (χ2v) is 3.65. The smallest absolute Gasteiger partial charge is 0.239 e. The van der Waals surface area contributed by atoms with Crippen LogP contribution in [-0.4, -0.2) is 31.0 Å². The number of aryl methyl sites for hydroxylation is 1. The van der Waals surface area contributed by atoms with E-state index < -0.39 is 0 Å². The van der Waals surface area contributed by atoms with Gasteiger partial charge in [-0.05, 0) is 26.0 Å². The van der Waals surface area contributed by atoms with Crippen molar-refractivity contribution in [2.24, 2.45) is 0 Å². The van der Waals surface area contributed by atoms with Crippen LogP contribution in [0.5, 0.6) is 0 Å². The molecular formula is C11H18N4O. The van der Waals surface area contributed by atoms with Gasteiger partial charge in [0.25, 0.3) is 0 Å². The fraction of sp³-hybridized carbons (Fsp3) is 0.455. The molecule has 1 rings (SSSR count). The third-order valence-corrected chi connectivity index (χ3v) is 2.26. The summed E-state index contributed by atoms with van der Waals surface area (Å²) < 4.78 is 0. The lowest BCUT2D eigenvalue weighted by atomic mass is 10.3. The van der Waals surface area contributed by atoms with Gasteiger partial charge < -0.3 is 16.0 Å². The molecule has 0 aliphatic heterocycles. The summed E-state index contributed by atoms with van der Waals surface area (Å²) in [6, 6.07) is 3.60. The molecule has 0 radical (unpaired) electrons. The third-order valence-electron chi connectivity index (χ3n) is 2.26. The maximum atomic E-state index is 11.4. The number of hydrogen-bond acceptors (Lipinski definition) is 4. The summed E-state index contributed by atoms with van der Waals surface area (Å²) in [5, 5.41) is 2.74. The zero-order chi connectivity index (χ0) is 12.1. The second-order valence-electron chi connectivity index (χ2n) is 3.65. The number of pyridine rings is 1. The Kier molecular flexibility index (Phi) is 4.10. The van der Waals surface area contributed by atoms with Crippen LogP contribution in [0.25, 0.3) is 0 Å². The van der Waals surface area contributed by atoms with Gasteiger partial charge in [0.1, 0.15) is 5.82 Å². The zero-order valence-electron chi connectivity index (χ0n) is 9.95. The Labute approximate surface area is 95.7 Å². The molecule has 3 N–H and O–H groups in total. The number of rotatable bonds is 4. The van der Waals surface area contributed by atoms with E-state index in [2.05, 4.69) is 10.3 Å². The van der Waals surface area contributed by atoms with Crippen molar-refractivity contribution in [2.75, 3.05) is 30.8 Å². The number of nitrogen functional groups attached to an aromatic ring is 1. The average molecular weight is 222 g/mol. The van der Waals surface area contributed by atoms with Gasteiger partial charge in [0.15, 0.2) is 0 Å². The predicted molar refractivity (Wildman–Crippen MR) is 65.3 cm³/mol. The Morgan fingerprint density at radius 1 is 1.56 bits per heavy atom. The molecule has 0 atom stereocenters. The van der Waals surface area contributed by atoms with Crippen LogP contribution in [0, 0.1) is 6.92 Å². The minimum Gasteiger partial charge on any atom is -0.397 e. The number of carbonyl (C=O) groups is 1. The largest absolute Gasteiger partial charge is 0.397 e. The molecule has 0 saturated heterocycles. The van der Waals surface area contributed by atoms with Crippen molar-refractivity contribution in [1.82, 2.24) is 10.3 Å². The molecule has 0 aliphatic carbocycles. The number of carbonyl (C=O) groups excluding carboxylic acids is 1. The maximum absolute atomic E-state index is 11.4. The van der Waals surface area contributed by atoms with E-state index in [1.165, 1.54) is 0 Å². The van der Waals surface area contributed by atoms with E-state index in [0.717, 1.165) is 11.5 Å². The van der Waals surface area contributed by atoms with E-state index in [-0.39, 0.29) is 5.91 Å². The quantitative estimate of drug-likeness (QED) is 0.780. The number of hydrogen-bond donors (Lipinski definition) is 2. The van der Waals surface area contributed by atoms with Crippen molar-refractivity contribution in [2.45, 2.75) is 13.8 Å². The maximum Gasteiger partial charge on any atom is 0.239 e. The van der Waals surface area contributed by atoms with Gasteiger partial charge in [-0.2, -0.15) is 0 Å². The highest BCUT2D eigenvalue weighted by Gasteiger charge is 2.08. The van der Waals surface area contributed by atoms with Gasteiger partial charge in [-0.15, -0.1) is 0 Å². The van der Waals surface area contributed by atoms with Crippen LogP contribution in [0.1, 0.15) is 12.6 Å². The first-order chi connectivity index (χ1) is 7.54. The number of nitrogens with zero attached hydrogens (tertiary/aromatic N) is 2. The molecule has 88 valence electrons. The van der Waals surface area contributed by atoms with E-state index in [0.29, 0.717) is 18.8 Å². The van der Waals surface area contributed by atoms with E-state index in [1.807, 2.05) is 27.0 Å². The Hall–Kier alpha value is -1.78. The van der Waals surface area contributed by atoms with Crippen molar-refractivity contribution >= 4 is 17.4 Å². The molecule has 0 fully saturated rings. The Morgan fingerprint density at radius 3 is 2.81 bits per heavy atom. The summed E-state index contributed by atoms with van der Waals surface area (Å²) in [6.45, 7) is 4.67. The Bertz CT molecular complexity index is 378. The van der Waals surface area contributed by atoms with Crippen molar-refractivity contribution in [3.8, 4) is 0 Å². The van der Waals surface area contributed by atoms with Gasteiger partial charge in [0, 0.05) is 13.6 Å². The van der Waals surface area contributed by atoms with Crippen molar-refractivity contribution in [3.63, 3.8) is 0 Å². The lowest BCUT2D eigenvalue weighted by molar-refractivity contribution is -0.119. The van der Waals surface area contributed by atoms with Crippen molar-refractivity contribution < 1.29 is 4.79 Å². The summed E-state index contributed by atoms with van der Waals surface area (Å²) in [5.41, 5.74) is 7.12. The SMILES string of the molecule is CCNC(=O)CN(C)c1ccc(N)c(C)n1. The normalized spacial score (nSPS) is 9.94. The molecule has 0 aromatic carbocycles. The highest BCUT2D eigenvalue weighted by molar-refractivity contribution is 5.80. The standard InChI is InChI=1S/C11H18N4O/c1-4-13-11(16)7-15(3)10-6-5-9(12)8(2)14-10/h5-6H,4,7,12H2,1-3H3,(H,13,16). The van der Waals surface area contributed by atoms with Gasteiger partial charge in [-0.25, -0.2) is 4.98 Å². The molecule has 0 spiro atoms. The van der Waals surface area contributed by atoms with E-state index >= 15 is 0 Å². The molecule has 0 aliphatic rings. The molecule has 16 heavy (non-hydrogen) atoms. The average Bonchev–Trinajstić information content (AvgIpc) is 2.22. The summed E-state index contributed by atoms with van der Waals surface area (Å²) in [6.07, 6.45) is 0. The fourth-order valence-corrected chi connectivity index (χ4v) is 1.32. The van der Waals surface area contributed by atoms with Gasteiger partial charge in [0.05, 0.1) is 17.9 Å². The van der Waals surface area contributed by atoms with Gasteiger partial charge in [-0.3, -0.25) is 4.79 Å². The number of nitrogens with one attached hydrogen (secondary N) is 1. The first-order valence-electron chi connectivity index (χ1n) is 5.25. The van der Waals surface area contributed by atoms with Crippen molar-refractivity contribution in [1.29, 1.82) is 0 Å². The molecule has 5 nitrogen and oxygen atoms in total. The minimum atomic E-state index is -0.0127. The molecule has 0 bridgehead atoms. The predicted octanol–water partition coefficient (Wildman–Crippen LogP) is 0.545. The van der Waals surface area contributed by atoms with Gasteiger partial charge in [-0.1, -0.05) is 0 Å². The number of nitrogens with two attached hydrogens (primary N) is 1. The summed E-state index contributed by atoms with van der Waals surface area (Å²) in [7, 11) is 1.83. The first kappa shape index (κ1) is 12.3. The number of likely N-dealkylation sites (N-methyl/N-ethyl adjacent to an activating group) is 2. The second kappa shape index (κ2) is 5.34. The number of amides is 1. The Balaban J connectivity index is 2.69. The molecule has 1 amide bonds. The molecule has 0 saturated carbocycles. The molecule has 1 aromatic heterocycles. The fourth-order valence-electron chi connectivity index (χ4n) is 1.32. The zero-order valence-corrected chi connectivity index (χ0v) is 9.95. The molecule has 5 heteroatoms. The van der Waals surface area contributed by atoms with Crippen LogP contribution in [0.3, 0.4) is 0 Å². The lowest BCUT2D eigenvalue weighted by Crippen LogP contribution is -2.35. The summed E-state index contributed by atoms with van der Waals surface area (Å²) in [4.78, 5) is 17.5. The summed E-state index contributed by atoms with van der Waals surface area (Å²) in [5.74, 6) is 0.735. The minimum absolute atomic E-state index is 0.0127. The lowest BCUT2D eigenvalue weighted by Gasteiger charge is -2.18. The molecule has 1 heterocycles.